The summed E-state index contributed by atoms with van der Waals surface area (Å²) in [5.74, 6) is -1.10. The number of hydrogen-bond acceptors (Lipinski definition) is 5. The second-order valence-corrected chi connectivity index (χ2v) is 6.93. The van der Waals surface area contributed by atoms with Crippen molar-refractivity contribution in [2.75, 3.05) is 12.0 Å². The molecular weight excluding hydrogens is 368 g/mol. The number of carboxylic acids is 1. The first-order valence-electron chi connectivity index (χ1n) is 8.22. The van der Waals surface area contributed by atoms with E-state index in [2.05, 4.69) is 5.32 Å². The zero-order valence-electron chi connectivity index (χ0n) is 15.0. The second-order valence-electron chi connectivity index (χ2n) is 5.95. The number of non-ortho nitro benzene ring substituents is 1. The van der Waals surface area contributed by atoms with Gasteiger partial charge in [0, 0.05) is 23.3 Å². The first-order chi connectivity index (χ1) is 12.8. The van der Waals surface area contributed by atoms with E-state index in [1.807, 2.05) is 25.3 Å². The lowest BCUT2D eigenvalue weighted by Crippen LogP contribution is -2.41. The van der Waals surface area contributed by atoms with Crippen molar-refractivity contribution in [2.24, 2.45) is 0 Å². The number of nitrogens with one attached hydrogen (secondary N) is 1. The molecule has 0 aliphatic rings. The number of benzene rings is 2. The maximum atomic E-state index is 12.8. The first kappa shape index (κ1) is 20.4. The fraction of sp³-hybridized carbons (Fsp3) is 0.263. The van der Waals surface area contributed by atoms with Crippen LogP contribution in [0.25, 0.3) is 11.1 Å². The molecule has 2 rings (SSSR count). The van der Waals surface area contributed by atoms with E-state index in [1.165, 1.54) is 30.0 Å². The largest absolute Gasteiger partial charge is 0.480 e. The molecule has 0 saturated carbocycles. The van der Waals surface area contributed by atoms with Crippen LogP contribution in [0, 0.1) is 17.0 Å². The summed E-state index contributed by atoms with van der Waals surface area (Å²) < 4.78 is 0. The molecule has 0 spiro atoms. The Balaban J connectivity index is 2.46. The Hall–Kier alpha value is -2.87. The summed E-state index contributed by atoms with van der Waals surface area (Å²) in [7, 11) is 0. The molecule has 0 aliphatic carbocycles. The van der Waals surface area contributed by atoms with Gasteiger partial charge in [0.05, 0.1) is 4.92 Å². The molecule has 0 radical (unpaired) electrons. The van der Waals surface area contributed by atoms with Gasteiger partial charge in [-0.1, -0.05) is 24.3 Å². The van der Waals surface area contributed by atoms with E-state index < -0.39 is 22.8 Å². The van der Waals surface area contributed by atoms with Crippen molar-refractivity contribution >= 4 is 29.3 Å². The number of carboxylic acid groups (broad SMARTS) is 1. The van der Waals surface area contributed by atoms with Gasteiger partial charge in [-0.2, -0.15) is 11.8 Å². The van der Waals surface area contributed by atoms with Gasteiger partial charge in [0.2, 0.25) is 0 Å². The topological polar surface area (TPSA) is 110 Å². The lowest BCUT2D eigenvalue weighted by Gasteiger charge is -2.16. The predicted octanol–water partition coefficient (Wildman–Crippen LogP) is 3.51. The van der Waals surface area contributed by atoms with Gasteiger partial charge in [0.15, 0.2) is 0 Å². The summed E-state index contributed by atoms with van der Waals surface area (Å²) in [6.07, 6.45) is 2.14. The van der Waals surface area contributed by atoms with Gasteiger partial charge >= 0.3 is 5.97 Å². The molecule has 2 aromatic carbocycles. The highest BCUT2D eigenvalue weighted by atomic mass is 32.2. The van der Waals surface area contributed by atoms with Crippen LogP contribution in [0.15, 0.2) is 42.5 Å². The number of carbonyl (C=O) groups excluding carboxylic acids is 1. The SMILES string of the molecule is CSCC[C@H](NC(=O)c1ccc([N+](=O)[O-])cc1-c1ccccc1C)C(=O)O. The van der Waals surface area contributed by atoms with Crippen molar-refractivity contribution in [3.63, 3.8) is 0 Å². The number of amides is 1. The zero-order valence-corrected chi connectivity index (χ0v) is 15.8. The zero-order chi connectivity index (χ0) is 20.0. The molecular formula is C19H20N2O5S. The lowest BCUT2D eigenvalue weighted by molar-refractivity contribution is -0.384. The van der Waals surface area contributed by atoms with E-state index in [0.717, 1.165) is 5.56 Å². The molecule has 0 fully saturated rings. The third-order valence-corrected chi connectivity index (χ3v) is 4.75. The van der Waals surface area contributed by atoms with Gasteiger partial charge in [-0.25, -0.2) is 4.79 Å². The van der Waals surface area contributed by atoms with E-state index in [0.29, 0.717) is 16.9 Å². The highest BCUT2D eigenvalue weighted by Crippen LogP contribution is 2.30. The molecule has 2 aromatic rings. The number of thioether (sulfide) groups is 1. The van der Waals surface area contributed by atoms with Crippen LogP contribution in [0.2, 0.25) is 0 Å². The highest BCUT2D eigenvalue weighted by Gasteiger charge is 2.23. The third kappa shape index (κ3) is 5.07. The molecule has 0 heterocycles. The second kappa shape index (κ2) is 9.18. The van der Waals surface area contributed by atoms with Crippen LogP contribution in [0.4, 0.5) is 5.69 Å². The molecule has 0 aliphatic heterocycles. The van der Waals surface area contributed by atoms with E-state index in [9.17, 15) is 24.8 Å². The van der Waals surface area contributed by atoms with Gasteiger partial charge in [-0.3, -0.25) is 14.9 Å². The van der Waals surface area contributed by atoms with Crippen LogP contribution >= 0.6 is 11.8 Å². The number of hydrogen-bond donors (Lipinski definition) is 2. The Morgan fingerprint density at radius 2 is 1.93 bits per heavy atom. The van der Waals surface area contributed by atoms with E-state index in [-0.39, 0.29) is 17.7 Å². The molecule has 0 bridgehead atoms. The number of nitro benzene ring substituents is 1. The van der Waals surface area contributed by atoms with Crippen LogP contribution < -0.4 is 5.32 Å². The monoisotopic (exact) mass is 388 g/mol. The molecule has 1 atom stereocenters. The molecule has 2 N–H and O–H groups in total. The molecule has 0 unspecified atom stereocenters. The van der Waals surface area contributed by atoms with Gasteiger partial charge in [0.25, 0.3) is 11.6 Å². The number of rotatable bonds is 8. The fourth-order valence-electron chi connectivity index (χ4n) is 2.67. The summed E-state index contributed by atoms with van der Waals surface area (Å²) in [5, 5.41) is 23.0. The van der Waals surface area contributed by atoms with Crippen molar-refractivity contribution in [3.05, 3.63) is 63.7 Å². The van der Waals surface area contributed by atoms with Crippen molar-refractivity contribution in [3.8, 4) is 11.1 Å². The average Bonchev–Trinajstić information content (AvgIpc) is 2.64. The Kier molecular flexibility index (Phi) is 6.95. The number of aliphatic carboxylic acids is 1. The van der Waals surface area contributed by atoms with Crippen LogP contribution in [-0.2, 0) is 4.79 Å². The van der Waals surface area contributed by atoms with E-state index in [1.54, 1.807) is 12.1 Å². The summed E-state index contributed by atoms with van der Waals surface area (Å²) >= 11 is 1.49. The van der Waals surface area contributed by atoms with Crippen LogP contribution in [0.3, 0.4) is 0 Å². The van der Waals surface area contributed by atoms with Crippen LogP contribution in [-0.4, -0.2) is 40.0 Å². The molecule has 1 amide bonds. The smallest absolute Gasteiger partial charge is 0.326 e. The molecule has 8 heteroatoms. The summed E-state index contributed by atoms with van der Waals surface area (Å²) in [6.45, 7) is 1.84. The van der Waals surface area contributed by atoms with Crippen molar-refractivity contribution < 1.29 is 19.6 Å². The maximum Gasteiger partial charge on any atom is 0.326 e. The van der Waals surface area contributed by atoms with Crippen LogP contribution in [0.1, 0.15) is 22.3 Å². The summed E-state index contributed by atoms with van der Waals surface area (Å²) in [5.41, 5.74) is 1.99. The number of nitro groups is 1. The average molecular weight is 388 g/mol. The highest BCUT2D eigenvalue weighted by molar-refractivity contribution is 7.98. The minimum Gasteiger partial charge on any atom is -0.480 e. The van der Waals surface area contributed by atoms with Crippen molar-refractivity contribution in [2.45, 2.75) is 19.4 Å². The molecule has 0 aromatic heterocycles. The Bertz CT molecular complexity index is 869. The van der Waals surface area contributed by atoms with E-state index in [4.69, 9.17) is 0 Å². The number of aryl methyl sites for hydroxylation is 1. The third-order valence-electron chi connectivity index (χ3n) is 4.11. The first-order valence-corrected chi connectivity index (χ1v) is 9.61. The predicted molar refractivity (Wildman–Crippen MR) is 105 cm³/mol. The normalized spacial score (nSPS) is 11.6. The Labute approximate surface area is 160 Å². The van der Waals surface area contributed by atoms with Gasteiger partial charge in [0.1, 0.15) is 6.04 Å². The summed E-state index contributed by atoms with van der Waals surface area (Å²) in [4.78, 5) is 34.8. The molecule has 142 valence electrons. The maximum absolute atomic E-state index is 12.8. The van der Waals surface area contributed by atoms with E-state index >= 15 is 0 Å². The standard InChI is InChI=1S/C19H20N2O5S/c1-12-5-3-4-6-14(12)16-11-13(21(25)26)7-8-15(16)18(22)20-17(19(23)24)9-10-27-2/h3-8,11,17H,9-10H2,1-2H3,(H,20,22)(H,23,24)/t17-/m0/s1. The Morgan fingerprint density at radius 3 is 2.52 bits per heavy atom. The fourth-order valence-corrected chi connectivity index (χ4v) is 3.14. The van der Waals surface area contributed by atoms with Crippen LogP contribution in [0.5, 0.6) is 0 Å². The molecule has 7 nitrogen and oxygen atoms in total. The molecule has 0 saturated heterocycles. The lowest BCUT2D eigenvalue weighted by atomic mass is 9.95. The van der Waals surface area contributed by atoms with Crippen molar-refractivity contribution in [1.29, 1.82) is 0 Å². The van der Waals surface area contributed by atoms with Gasteiger partial charge < -0.3 is 10.4 Å². The van der Waals surface area contributed by atoms with Gasteiger partial charge in [-0.05, 0) is 42.5 Å². The quantitative estimate of drug-likeness (QED) is 0.529. The minimum atomic E-state index is -1.11. The minimum absolute atomic E-state index is 0.137. The van der Waals surface area contributed by atoms with Crippen molar-refractivity contribution in [1.82, 2.24) is 5.32 Å². The summed E-state index contributed by atoms with van der Waals surface area (Å²) in [6, 6.07) is 10.2. The number of carbonyl (C=O) groups is 2. The Morgan fingerprint density at radius 1 is 1.22 bits per heavy atom. The number of nitrogens with zero attached hydrogens (tertiary/aromatic N) is 1. The molecule has 27 heavy (non-hydrogen) atoms. The van der Waals surface area contributed by atoms with Gasteiger partial charge in [-0.15, -0.1) is 0 Å².